The van der Waals surface area contributed by atoms with E-state index in [0.29, 0.717) is 11.5 Å². The monoisotopic (exact) mass is 227 g/mol. The molecule has 0 radical (unpaired) electrons. The van der Waals surface area contributed by atoms with Crippen LogP contribution in [0.2, 0.25) is 0 Å². The fraction of sp³-hybridized carbons (Fsp3) is 1.00. The molecule has 0 amide bonds. The van der Waals surface area contributed by atoms with E-state index in [9.17, 15) is 5.11 Å². The van der Waals surface area contributed by atoms with Gasteiger partial charge in [-0.1, -0.05) is 40.0 Å². The Morgan fingerprint density at radius 1 is 1.25 bits per heavy atom. The van der Waals surface area contributed by atoms with Crippen LogP contribution in [0.1, 0.15) is 65.7 Å². The molecule has 0 spiro atoms. The third kappa shape index (κ3) is 4.84. The zero-order chi connectivity index (χ0) is 12.0. The van der Waals surface area contributed by atoms with Crippen LogP contribution < -0.4 is 5.32 Å². The Morgan fingerprint density at radius 3 is 2.56 bits per heavy atom. The van der Waals surface area contributed by atoms with Gasteiger partial charge in [0, 0.05) is 12.6 Å². The molecule has 1 aliphatic carbocycles. The summed E-state index contributed by atoms with van der Waals surface area (Å²) < 4.78 is 0. The number of nitrogens with one attached hydrogen (secondary N) is 1. The van der Waals surface area contributed by atoms with Crippen LogP contribution in [0.15, 0.2) is 0 Å². The second kappa shape index (κ2) is 6.61. The van der Waals surface area contributed by atoms with Gasteiger partial charge in [-0.15, -0.1) is 0 Å². The van der Waals surface area contributed by atoms with Gasteiger partial charge < -0.3 is 10.4 Å². The average molecular weight is 227 g/mol. The van der Waals surface area contributed by atoms with Crippen molar-refractivity contribution in [2.45, 2.75) is 77.9 Å². The van der Waals surface area contributed by atoms with Gasteiger partial charge in [0.2, 0.25) is 0 Å². The summed E-state index contributed by atoms with van der Waals surface area (Å²) in [6.45, 7) is 7.95. The first-order valence-corrected chi connectivity index (χ1v) is 6.96. The highest BCUT2D eigenvalue weighted by Crippen LogP contribution is 2.25. The second-order valence-electron chi connectivity index (χ2n) is 6.11. The standard InChI is InChI=1S/C14H29NO/c1-4-5-6-10-14(2,3)11-15-12-8-7-9-13(12)16/h12-13,15-16H,4-11H2,1-3H3/t12-,13-/m1/s1. The molecule has 0 unspecified atom stereocenters. The quantitative estimate of drug-likeness (QED) is 0.655. The van der Waals surface area contributed by atoms with E-state index in [1.807, 2.05) is 0 Å². The minimum absolute atomic E-state index is 0.105. The summed E-state index contributed by atoms with van der Waals surface area (Å²) in [5.74, 6) is 0. The Kier molecular flexibility index (Phi) is 5.77. The summed E-state index contributed by atoms with van der Waals surface area (Å²) in [6.07, 6.45) is 8.45. The third-order valence-electron chi connectivity index (χ3n) is 3.78. The molecule has 0 aromatic rings. The van der Waals surface area contributed by atoms with Crippen molar-refractivity contribution in [1.82, 2.24) is 5.32 Å². The van der Waals surface area contributed by atoms with Crippen molar-refractivity contribution in [2.75, 3.05) is 6.54 Å². The minimum atomic E-state index is -0.105. The molecule has 0 aliphatic heterocycles. The number of aliphatic hydroxyl groups excluding tert-OH is 1. The molecule has 2 nitrogen and oxygen atoms in total. The summed E-state index contributed by atoms with van der Waals surface area (Å²) in [7, 11) is 0. The van der Waals surface area contributed by atoms with Crippen molar-refractivity contribution in [3.05, 3.63) is 0 Å². The summed E-state index contributed by atoms with van der Waals surface area (Å²) in [6, 6.07) is 0.352. The minimum Gasteiger partial charge on any atom is -0.392 e. The lowest BCUT2D eigenvalue weighted by molar-refractivity contribution is 0.140. The molecule has 0 aromatic heterocycles. The van der Waals surface area contributed by atoms with Crippen molar-refractivity contribution >= 4 is 0 Å². The van der Waals surface area contributed by atoms with Gasteiger partial charge in [-0.25, -0.2) is 0 Å². The highest BCUT2D eigenvalue weighted by molar-refractivity contribution is 4.84. The first-order valence-electron chi connectivity index (χ1n) is 6.96. The van der Waals surface area contributed by atoms with E-state index in [1.165, 1.54) is 32.1 Å². The Balaban J connectivity index is 2.18. The zero-order valence-electron chi connectivity index (χ0n) is 11.3. The zero-order valence-corrected chi connectivity index (χ0v) is 11.3. The first-order chi connectivity index (χ1) is 7.55. The maximum Gasteiger partial charge on any atom is 0.0693 e. The van der Waals surface area contributed by atoms with Crippen LogP contribution >= 0.6 is 0 Å². The summed E-state index contributed by atoms with van der Waals surface area (Å²) >= 11 is 0. The van der Waals surface area contributed by atoms with Crippen molar-refractivity contribution in [1.29, 1.82) is 0 Å². The molecule has 1 fully saturated rings. The summed E-state index contributed by atoms with van der Waals surface area (Å²) in [5.41, 5.74) is 0.373. The molecule has 16 heavy (non-hydrogen) atoms. The number of aliphatic hydroxyl groups is 1. The third-order valence-corrected chi connectivity index (χ3v) is 3.78. The van der Waals surface area contributed by atoms with E-state index in [-0.39, 0.29) is 6.10 Å². The summed E-state index contributed by atoms with van der Waals surface area (Å²) in [5, 5.41) is 13.3. The van der Waals surface area contributed by atoms with E-state index in [0.717, 1.165) is 19.4 Å². The Labute approximate surface area is 101 Å². The molecule has 0 bridgehead atoms. The number of hydrogen-bond donors (Lipinski definition) is 2. The molecule has 1 aliphatic rings. The van der Waals surface area contributed by atoms with Crippen LogP contribution in [-0.2, 0) is 0 Å². The van der Waals surface area contributed by atoms with Gasteiger partial charge >= 0.3 is 0 Å². The lowest BCUT2D eigenvalue weighted by Gasteiger charge is -2.28. The molecule has 2 N–H and O–H groups in total. The molecule has 1 rings (SSSR count). The Morgan fingerprint density at radius 2 is 2.00 bits per heavy atom. The molecule has 0 aromatic carbocycles. The maximum absolute atomic E-state index is 9.74. The van der Waals surface area contributed by atoms with Gasteiger partial charge in [-0.2, -0.15) is 0 Å². The number of unbranched alkanes of at least 4 members (excludes halogenated alkanes) is 2. The van der Waals surface area contributed by atoms with Crippen molar-refractivity contribution in [2.24, 2.45) is 5.41 Å². The van der Waals surface area contributed by atoms with Crippen LogP contribution in [0.4, 0.5) is 0 Å². The molecular formula is C14H29NO. The van der Waals surface area contributed by atoms with Gasteiger partial charge in [0.1, 0.15) is 0 Å². The molecule has 1 saturated carbocycles. The van der Waals surface area contributed by atoms with Crippen molar-refractivity contribution in [3.63, 3.8) is 0 Å². The lowest BCUT2D eigenvalue weighted by atomic mass is 9.86. The van der Waals surface area contributed by atoms with Gasteiger partial charge in [-0.05, 0) is 31.1 Å². The fourth-order valence-corrected chi connectivity index (χ4v) is 2.53. The maximum atomic E-state index is 9.74. The lowest BCUT2D eigenvalue weighted by Crippen LogP contribution is -2.41. The van der Waals surface area contributed by atoms with Crippen LogP contribution in [0.25, 0.3) is 0 Å². The van der Waals surface area contributed by atoms with Gasteiger partial charge in [-0.3, -0.25) is 0 Å². The van der Waals surface area contributed by atoms with Gasteiger partial charge in [0.25, 0.3) is 0 Å². The van der Waals surface area contributed by atoms with Crippen LogP contribution in [0, 0.1) is 5.41 Å². The molecule has 2 heteroatoms. The predicted octanol–water partition coefficient (Wildman–Crippen LogP) is 3.10. The van der Waals surface area contributed by atoms with E-state index in [1.54, 1.807) is 0 Å². The molecular weight excluding hydrogens is 198 g/mol. The molecule has 96 valence electrons. The van der Waals surface area contributed by atoms with Crippen LogP contribution in [0.5, 0.6) is 0 Å². The van der Waals surface area contributed by atoms with E-state index in [4.69, 9.17) is 0 Å². The predicted molar refractivity (Wildman–Crippen MR) is 69.6 cm³/mol. The van der Waals surface area contributed by atoms with E-state index in [2.05, 4.69) is 26.1 Å². The highest BCUT2D eigenvalue weighted by atomic mass is 16.3. The molecule has 2 atom stereocenters. The normalized spacial score (nSPS) is 26.2. The first kappa shape index (κ1) is 14.0. The average Bonchev–Trinajstić information content (AvgIpc) is 2.62. The SMILES string of the molecule is CCCCCC(C)(C)CN[C@@H]1CCC[C@H]1O. The smallest absolute Gasteiger partial charge is 0.0693 e. The second-order valence-corrected chi connectivity index (χ2v) is 6.11. The largest absolute Gasteiger partial charge is 0.392 e. The van der Waals surface area contributed by atoms with Gasteiger partial charge in [0.15, 0.2) is 0 Å². The van der Waals surface area contributed by atoms with Crippen molar-refractivity contribution in [3.8, 4) is 0 Å². The Bertz CT molecular complexity index is 191. The fourth-order valence-electron chi connectivity index (χ4n) is 2.53. The summed E-state index contributed by atoms with van der Waals surface area (Å²) in [4.78, 5) is 0. The van der Waals surface area contributed by atoms with E-state index < -0.39 is 0 Å². The van der Waals surface area contributed by atoms with E-state index >= 15 is 0 Å². The highest BCUT2D eigenvalue weighted by Gasteiger charge is 2.26. The van der Waals surface area contributed by atoms with Crippen LogP contribution in [0.3, 0.4) is 0 Å². The Hall–Kier alpha value is -0.0800. The van der Waals surface area contributed by atoms with Crippen LogP contribution in [-0.4, -0.2) is 23.8 Å². The van der Waals surface area contributed by atoms with Gasteiger partial charge in [0.05, 0.1) is 6.10 Å². The number of hydrogen-bond acceptors (Lipinski definition) is 2. The number of rotatable bonds is 7. The molecule has 0 heterocycles. The molecule has 0 saturated heterocycles. The topological polar surface area (TPSA) is 32.3 Å². The van der Waals surface area contributed by atoms with Crippen molar-refractivity contribution < 1.29 is 5.11 Å².